The van der Waals surface area contributed by atoms with Crippen molar-refractivity contribution in [2.24, 2.45) is 11.7 Å². The predicted octanol–water partition coefficient (Wildman–Crippen LogP) is 0.975. The van der Waals surface area contributed by atoms with E-state index in [-0.39, 0.29) is 17.9 Å². The molecule has 5 nitrogen and oxygen atoms in total. The van der Waals surface area contributed by atoms with Crippen molar-refractivity contribution < 1.29 is 9.59 Å². The van der Waals surface area contributed by atoms with Crippen LogP contribution < -0.4 is 5.73 Å². The summed E-state index contributed by atoms with van der Waals surface area (Å²) in [6.07, 6.45) is 5.17. The SMILES string of the molecule is CCCC(=O)N1CCCC1C(=O)N1CCC(CN)CC1. The molecule has 0 saturated carbocycles. The number of rotatable bonds is 4. The summed E-state index contributed by atoms with van der Waals surface area (Å²) in [5.41, 5.74) is 5.69. The van der Waals surface area contributed by atoms with Crippen LogP contribution in [0.15, 0.2) is 0 Å². The van der Waals surface area contributed by atoms with Crippen LogP contribution in [0.5, 0.6) is 0 Å². The Morgan fingerprint density at radius 2 is 1.85 bits per heavy atom. The fourth-order valence-corrected chi connectivity index (χ4v) is 3.28. The fourth-order valence-electron chi connectivity index (χ4n) is 3.28. The Kier molecular flexibility index (Phi) is 5.40. The molecule has 0 aliphatic carbocycles. The summed E-state index contributed by atoms with van der Waals surface area (Å²) in [5, 5.41) is 0. The summed E-state index contributed by atoms with van der Waals surface area (Å²) < 4.78 is 0. The topological polar surface area (TPSA) is 66.6 Å². The minimum atomic E-state index is -0.205. The van der Waals surface area contributed by atoms with Gasteiger partial charge < -0.3 is 15.5 Å². The van der Waals surface area contributed by atoms with Crippen molar-refractivity contribution in [1.82, 2.24) is 9.80 Å². The van der Waals surface area contributed by atoms with Gasteiger partial charge in [-0.3, -0.25) is 9.59 Å². The molecule has 0 spiro atoms. The van der Waals surface area contributed by atoms with Crippen LogP contribution in [0.25, 0.3) is 0 Å². The van der Waals surface area contributed by atoms with Crippen molar-refractivity contribution in [1.29, 1.82) is 0 Å². The number of carbonyl (C=O) groups is 2. The molecule has 0 aromatic rings. The largest absolute Gasteiger partial charge is 0.341 e. The van der Waals surface area contributed by atoms with Crippen molar-refractivity contribution in [2.75, 3.05) is 26.2 Å². The van der Waals surface area contributed by atoms with Gasteiger partial charge in [0, 0.05) is 26.1 Å². The molecule has 5 heteroatoms. The molecule has 2 heterocycles. The number of nitrogens with two attached hydrogens (primary N) is 1. The second kappa shape index (κ2) is 7.07. The maximum absolute atomic E-state index is 12.6. The summed E-state index contributed by atoms with van der Waals surface area (Å²) in [6, 6.07) is -0.205. The lowest BCUT2D eigenvalue weighted by Gasteiger charge is -2.35. The molecule has 2 saturated heterocycles. The molecule has 20 heavy (non-hydrogen) atoms. The van der Waals surface area contributed by atoms with E-state index in [2.05, 4.69) is 0 Å². The third-order valence-corrected chi connectivity index (χ3v) is 4.58. The zero-order chi connectivity index (χ0) is 14.5. The normalized spacial score (nSPS) is 24.2. The molecule has 2 aliphatic rings. The molecule has 2 fully saturated rings. The van der Waals surface area contributed by atoms with E-state index in [1.807, 2.05) is 11.8 Å². The monoisotopic (exact) mass is 281 g/mol. The molecule has 1 atom stereocenters. The molecule has 0 bridgehead atoms. The Labute approximate surface area is 121 Å². The van der Waals surface area contributed by atoms with Gasteiger partial charge >= 0.3 is 0 Å². The van der Waals surface area contributed by atoms with Gasteiger partial charge in [0.25, 0.3) is 0 Å². The van der Waals surface area contributed by atoms with Gasteiger partial charge in [0.15, 0.2) is 0 Å². The van der Waals surface area contributed by atoms with Gasteiger partial charge in [-0.25, -0.2) is 0 Å². The molecule has 2 amide bonds. The Morgan fingerprint density at radius 1 is 1.15 bits per heavy atom. The standard InChI is InChI=1S/C15H27N3O2/c1-2-4-14(19)18-8-3-5-13(18)15(20)17-9-6-12(11-16)7-10-17/h12-13H,2-11,16H2,1H3. The highest BCUT2D eigenvalue weighted by molar-refractivity contribution is 5.88. The molecule has 0 aromatic carbocycles. The molecular formula is C15H27N3O2. The molecule has 1 unspecified atom stereocenters. The van der Waals surface area contributed by atoms with Gasteiger partial charge in [-0.1, -0.05) is 6.92 Å². The van der Waals surface area contributed by atoms with Gasteiger partial charge in [0.1, 0.15) is 6.04 Å². The first kappa shape index (κ1) is 15.3. The van der Waals surface area contributed by atoms with Crippen molar-refractivity contribution in [3.05, 3.63) is 0 Å². The fraction of sp³-hybridized carbons (Fsp3) is 0.867. The first-order valence-electron chi connectivity index (χ1n) is 7.95. The average molecular weight is 281 g/mol. The van der Waals surface area contributed by atoms with Gasteiger partial charge in [0.05, 0.1) is 0 Å². The third-order valence-electron chi connectivity index (χ3n) is 4.58. The van der Waals surface area contributed by atoms with Gasteiger partial charge in [0.2, 0.25) is 11.8 Å². The van der Waals surface area contributed by atoms with Crippen LogP contribution in [0.4, 0.5) is 0 Å². The molecule has 2 N–H and O–H groups in total. The first-order valence-corrected chi connectivity index (χ1v) is 7.95. The van der Waals surface area contributed by atoms with Crippen LogP contribution in [-0.2, 0) is 9.59 Å². The molecule has 0 aromatic heterocycles. The van der Waals surface area contributed by atoms with Gasteiger partial charge in [-0.05, 0) is 44.6 Å². The highest BCUT2D eigenvalue weighted by atomic mass is 16.2. The van der Waals surface area contributed by atoms with Gasteiger partial charge in [-0.15, -0.1) is 0 Å². The zero-order valence-electron chi connectivity index (χ0n) is 12.5. The summed E-state index contributed by atoms with van der Waals surface area (Å²) in [7, 11) is 0. The lowest BCUT2D eigenvalue weighted by molar-refractivity contribution is -0.144. The first-order chi connectivity index (χ1) is 9.67. The van der Waals surface area contributed by atoms with E-state index in [9.17, 15) is 9.59 Å². The molecule has 2 rings (SSSR count). The number of piperidine rings is 1. The van der Waals surface area contributed by atoms with Crippen LogP contribution in [0.2, 0.25) is 0 Å². The van der Waals surface area contributed by atoms with Crippen molar-refractivity contribution >= 4 is 11.8 Å². The third kappa shape index (κ3) is 3.32. The summed E-state index contributed by atoms with van der Waals surface area (Å²) >= 11 is 0. The smallest absolute Gasteiger partial charge is 0.245 e. The van der Waals surface area contributed by atoms with Gasteiger partial charge in [-0.2, -0.15) is 0 Å². The lowest BCUT2D eigenvalue weighted by Crippen LogP contribution is -2.50. The Hall–Kier alpha value is -1.10. The number of hydrogen-bond acceptors (Lipinski definition) is 3. The van der Waals surface area contributed by atoms with E-state index in [1.165, 1.54) is 0 Å². The number of amides is 2. The second-order valence-corrected chi connectivity index (χ2v) is 6.00. The number of likely N-dealkylation sites (tertiary alicyclic amines) is 2. The molecule has 0 radical (unpaired) electrons. The molecule has 2 aliphatic heterocycles. The van der Waals surface area contributed by atoms with Crippen LogP contribution >= 0.6 is 0 Å². The number of hydrogen-bond donors (Lipinski definition) is 1. The second-order valence-electron chi connectivity index (χ2n) is 6.00. The number of nitrogens with zero attached hydrogens (tertiary/aromatic N) is 2. The van der Waals surface area contributed by atoms with E-state index in [0.717, 1.165) is 51.7 Å². The van der Waals surface area contributed by atoms with E-state index in [1.54, 1.807) is 4.90 Å². The van der Waals surface area contributed by atoms with Crippen LogP contribution in [0, 0.1) is 5.92 Å². The summed E-state index contributed by atoms with van der Waals surface area (Å²) in [5.74, 6) is 0.850. The average Bonchev–Trinajstić information content (AvgIpc) is 2.96. The quantitative estimate of drug-likeness (QED) is 0.835. The van der Waals surface area contributed by atoms with E-state index in [4.69, 9.17) is 5.73 Å². The molecule has 114 valence electrons. The zero-order valence-corrected chi connectivity index (χ0v) is 12.5. The van der Waals surface area contributed by atoms with E-state index >= 15 is 0 Å². The van der Waals surface area contributed by atoms with Crippen molar-refractivity contribution in [3.8, 4) is 0 Å². The van der Waals surface area contributed by atoms with Crippen LogP contribution in [0.1, 0.15) is 45.4 Å². The van der Waals surface area contributed by atoms with Crippen LogP contribution in [-0.4, -0.2) is 53.8 Å². The maximum atomic E-state index is 12.6. The molecular weight excluding hydrogens is 254 g/mol. The predicted molar refractivity (Wildman–Crippen MR) is 78.0 cm³/mol. The Balaban J connectivity index is 1.92. The van der Waals surface area contributed by atoms with Crippen molar-refractivity contribution in [2.45, 2.75) is 51.5 Å². The Morgan fingerprint density at radius 3 is 2.45 bits per heavy atom. The summed E-state index contributed by atoms with van der Waals surface area (Å²) in [6.45, 7) is 5.06. The Bertz CT molecular complexity index is 351. The highest BCUT2D eigenvalue weighted by Gasteiger charge is 2.36. The van der Waals surface area contributed by atoms with Crippen LogP contribution in [0.3, 0.4) is 0 Å². The van der Waals surface area contributed by atoms with E-state index < -0.39 is 0 Å². The van der Waals surface area contributed by atoms with Crippen molar-refractivity contribution in [3.63, 3.8) is 0 Å². The minimum absolute atomic E-state index is 0.139. The highest BCUT2D eigenvalue weighted by Crippen LogP contribution is 2.23. The lowest BCUT2D eigenvalue weighted by atomic mass is 9.96. The minimum Gasteiger partial charge on any atom is -0.341 e. The maximum Gasteiger partial charge on any atom is 0.245 e. The summed E-state index contributed by atoms with van der Waals surface area (Å²) in [4.78, 5) is 28.4. The van der Waals surface area contributed by atoms with E-state index in [0.29, 0.717) is 18.9 Å². The number of carbonyl (C=O) groups excluding carboxylic acids is 2.